The van der Waals surface area contributed by atoms with Crippen molar-refractivity contribution in [3.05, 3.63) is 40.3 Å². The molecule has 0 fully saturated rings. The summed E-state index contributed by atoms with van der Waals surface area (Å²) in [5.41, 5.74) is -0.916. The summed E-state index contributed by atoms with van der Waals surface area (Å²) in [7, 11) is 0. The van der Waals surface area contributed by atoms with Gasteiger partial charge in [0.25, 0.3) is 5.56 Å². The first-order valence-corrected chi connectivity index (χ1v) is 4.84. The zero-order chi connectivity index (χ0) is 13.3. The third-order valence-corrected chi connectivity index (χ3v) is 2.28. The van der Waals surface area contributed by atoms with Crippen LogP contribution in [-0.4, -0.2) is 31.3 Å². The molecule has 0 spiro atoms. The van der Waals surface area contributed by atoms with Gasteiger partial charge in [-0.15, -0.1) is 0 Å². The minimum absolute atomic E-state index is 0.0975. The molecule has 0 saturated heterocycles. The number of phenols is 2. The molecule has 7 heteroatoms. The summed E-state index contributed by atoms with van der Waals surface area (Å²) in [6, 6.07) is 3.86. The standard InChI is InChI=1S/C11H8N2O5/c14-7-2-1-5(3-8(7)15)9-12-4-6(11(17)18)10(16)13-9/h1-4,14-15H,(H,17,18)(H,12,13,16). The molecule has 0 atom stereocenters. The van der Waals surface area contributed by atoms with Crippen LogP contribution in [0.1, 0.15) is 10.4 Å². The molecule has 2 rings (SSSR count). The first kappa shape index (κ1) is 11.6. The maximum Gasteiger partial charge on any atom is 0.342 e. The fourth-order valence-electron chi connectivity index (χ4n) is 1.36. The fraction of sp³-hybridized carbons (Fsp3) is 0. The van der Waals surface area contributed by atoms with E-state index in [1.165, 1.54) is 18.2 Å². The Labute approximate surface area is 100.0 Å². The van der Waals surface area contributed by atoms with Crippen LogP contribution in [0.2, 0.25) is 0 Å². The van der Waals surface area contributed by atoms with Crippen molar-refractivity contribution in [3.8, 4) is 22.9 Å². The lowest BCUT2D eigenvalue weighted by Gasteiger charge is -2.03. The molecule has 0 bridgehead atoms. The number of aromatic carboxylic acids is 1. The second-order valence-electron chi connectivity index (χ2n) is 3.48. The minimum atomic E-state index is -1.37. The molecule has 0 aliphatic carbocycles. The van der Waals surface area contributed by atoms with Crippen molar-refractivity contribution in [3.63, 3.8) is 0 Å². The second kappa shape index (κ2) is 4.21. The van der Waals surface area contributed by atoms with Crippen molar-refractivity contribution < 1.29 is 20.1 Å². The Balaban J connectivity index is 2.52. The van der Waals surface area contributed by atoms with E-state index in [-0.39, 0.29) is 17.3 Å². The number of hydrogen-bond acceptors (Lipinski definition) is 5. The van der Waals surface area contributed by atoms with Crippen molar-refractivity contribution in [1.82, 2.24) is 9.97 Å². The molecule has 0 aliphatic rings. The molecular formula is C11H8N2O5. The number of benzene rings is 1. The van der Waals surface area contributed by atoms with Crippen LogP contribution in [0.4, 0.5) is 0 Å². The zero-order valence-corrected chi connectivity index (χ0v) is 8.91. The highest BCUT2D eigenvalue weighted by molar-refractivity contribution is 5.86. The first-order chi connectivity index (χ1) is 8.49. The zero-order valence-electron chi connectivity index (χ0n) is 8.91. The third-order valence-electron chi connectivity index (χ3n) is 2.28. The summed E-state index contributed by atoms with van der Waals surface area (Å²) in [6.07, 6.45) is 0.931. The number of aromatic nitrogens is 2. The van der Waals surface area contributed by atoms with Gasteiger partial charge < -0.3 is 20.3 Å². The van der Waals surface area contributed by atoms with Crippen molar-refractivity contribution in [2.24, 2.45) is 0 Å². The highest BCUT2D eigenvalue weighted by atomic mass is 16.4. The second-order valence-corrected chi connectivity index (χ2v) is 3.48. The highest BCUT2D eigenvalue weighted by Gasteiger charge is 2.11. The summed E-state index contributed by atoms with van der Waals surface area (Å²) < 4.78 is 0. The van der Waals surface area contributed by atoms with Gasteiger partial charge in [-0.3, -0.25) is 4.79 Å². The Kier molecular flexibility index (Phi) is 2.72. The number of phenolic OH excluding ortho intramolecular Hbond substituents is 2. The van der Waals surface area contributed by atoms with Gasteiger partial charge in [0.1, 0.15) is 11.4 Å². The lowest BCUT2D eigenvalue weighted by Crippen LogP contribution is -2.18. The van der Waals surface area contributed by atoms with Gasteiger partial charge in [0.2, 0.25) is 0 Å². The average molecular weight is 248 g/mol. The van der Waals surface area contributed by atoms with E-state index in [1.807, 2.05) is 0 Å². The van der Waals surface area contributed by atoms with E-state index in [1.54, 1.807) is 0 Å². The van der Waals surface area contributed by atoms with Crippen molar-refractivity contribution in [1.29, 1.82) is 0 Å². The number of carbonyl (C=O) groups is 1. The maximum absolute atomic E-state index is 11.4. The molecule has 4 N–H and O–H groups in total. The molecule has 18 heavy (non-hydrogen) atoms. The topological polar surface area (TPSA) is 124 Å². The molecule has 1 heterocycles. The molecule has 1 aromatic carbocycles. The summed E-state index contributed by atoms with van der Waals surface area (Å²) in [5, 5.41) is 27.1. The summed E-state index contributed by atoms with van der Waals surface area (Å²) in [4.78, 5) is 28.1. The average Bonchev–Trinajstić information content (AvgIpc) is 2.32. The predicted octanol–water partition coefficient (Wildman–Crippen LogP) is 0.546. The van der Waals surface area contributed by atoms with Gasteiger partial charge in [-0.2, -0.15) is 0 Å². The third kappa shape index (κ3) is 2.01. The number of aromatic amines is 1. The van der Waals surface area contributed by atoms with E-state index < -0.39 is 17.1 Å². The number of H-pyrrole nitrogens is 1. The van der Waals surface area contributed by atoms with Crippen LogP contribution in [0.15, 0.2) is 29.2 Å². The molecule has 2 aromatic rings. The van der Waals surface area contributed by atoms with E-state index in [0.29, 0.717) is 5.56 Å². The van der Waals surface area contributed by atoms with Crippen LogP contribution in [0, 0.1) is 0 Å². The van der Waals surface area contributed by atoms with Crippen LogP contribution < -0.4 is 5.56 Å². The maximum atomic E-state index is 11.4. The highest BCUT2D eigenvalue weighted by Crippen LogP contribution is 2.28. The Hall–Kier alpha value is -2.83. The molecule has 0 saturated carbocycles. The number of hydrogen-bond donors (Lipinski definition) is 4. The first-order valence-electron chi connectivity index (χ1n) is 4.84. The number of rotatable bonds is 2. The number of nitrogens with zero attached hydrogens (tertiary/aromatic N) is 1. The molecule has 7 nitrogen and oxygen atoms in total. The summed E-state index contributed by atoms with van der Waals surface area (Å²) in [5.74, 6) is -1.94. The van der Waals surface area contributed by atoms with Gasteiger partial charge in [-0.25, -0.2) is 9.78 Å². The van der Waals surface area contributed by atoms with E-state index in [2.05, 4.69) is 9.97 Å². The summed E-state index contributed by atoms with van der Waals surface area (Å²) >= 11 is 0. The van der Waals surface area contributed by atoms with Crippen LogP contribution in [0.3, 0.4) is 0 Å². The number of carboxylic acid groups (broad SMARTS) is 1. The SMILES string of the molecule is O=C(O)c1cnc(-c2ccc(O)c(O)c2)[nH]c1=O. The number of carboxylic acids is 1. The van der Waals surface area contributed by atoms with E-state index in [0.717, 1.165) is 6.20 Å². The normalized spacial score (nSPS) is 10.2. The summed E-state index contributed by atoms with van der Waals surface area (Å²) in [6.45, 7) is 0. The van der Waals surface area contributed by atoms with Gasteiger partial charge in [0.15, 0.2) is 11.5 Å². The molecule has 0 amide bonds. The van der Waals surface area contributed by atoms with Crippen molar-refractivity contribution in [2.75, 3.05) is 0 Å². The molecule has 0 radical (unpaired) electrons. The van der Waals surface area contributed by atoms with E-state index in [4.69, 9.17) is 10.2 Å². The van der Waals surface area contributed by atoms with Crippen LogP contribution >= 0.6 is 0 Å². The molecule has 0 unspecified atom stereocenters. The predicted molar refractivity (Wildman–Crippen MR) is 60.6 cm³/mol. The molecular weight excluding hydrogens is 240 g/mol. The number of aromatic hydroxyl groups is 2. The Morgan fingerprint density at radius 1 is 1.22 bits per heavy atom. The largest absolute Gasteiger partial charge is 0.504 e. The number of nitrogens with one attached hydrogen (secondary N) is 1. The van der Waals surface area contributed by atoms with Gasteiger partial charge in [0, 0.05) is 11.8 Å². The quantitative estimate of drug-likeness (QED) is 0.575. The molecule has 92 valence electrons. The van der Waals surface area contributed by atoms with Crippen LogP contribution in [0.25, 0.3) is 11.4 Å². The van der Waals surface area contributed by atoms with Crippen LogP contribution in [-0.2, 0) is 0 Å². The molecule has 1 aromatic heterocycles. The van der Waals surface area contributed by atoms with Crippen LogP contribution in [0.5, 0.6) is 11.5 Å². The van der Waals surface area contributed by atoms with Crippen molar-refractivity contribution >= 4 is 5.97 Å². The van der Waals surface area contributed by atoms with Crippen molar-refractivity contribution in [2.45, 2.75) is 0 Å². The molecule has 0 aliphatic heterocycles. The van der Waals surface area contributed by atoms with E-state index >= 15 is 0 Å². The van der Waals surface area contributed by atoms with Gasteiger partial charge in [0.05, 0.1) is 0 Å². The monoisotopic (exact) mass is 248 g/mol. The van der Waals surface area contributed by atoms with Gasteiger partial charge in [-0.05, 0) is 18.2 Å². The Bertz CT molecular complexity index is 677. The fourth-order valence-corrected chi connectivity index (χ4v) is 1.36. The lowest BCUT2D eigenvalue weighted by atomic mass is 10.2. The minimum Gasteiger partial charge on any atom is -0.504 e. The van der Waals surface area contributed by atoms with Gasteiger partial charge >= 0.3 is 5.97 Å². The van der Waals surface area contributed by atoms with Gasteiger partial charge in [-0.1, -0.05) is 0 Å². The van der Waals surface area contributed by atoms with E-state index in [9.17, 15) is 14.7 Å². The Morgan fingerprint density at radius 3 is 2.50 bits per heavy atom. The smallest absolute Gasteiger partial charge is 0.342 e. The lowest BCUT2D eigenvalue weighted by molar-refractivity contribution is 0.0694. The Morgan fingerprint density at radius 2 is 1.94 bits per heavy atom.